The number of carbonyl (C=O) groups is 3. The summed E-state index contributed by atoms with van der Waals surface area (Å²) >= 11 is 0. The fourth-order valence-electron chi connectivity index (χ4n) is 2.68. The van der Waals surface area contributed by atoms with Crippen LogP contribution >= 0.6 is 0 Å². The fourth-order valence-corrected chi connectivity index (χ4v) is 2.68. The molecule has 0 aromatic heterocycles. The van der Waals surface area contributed by atoms with Gasteiger partial charge in [0, 0.05) is 12.2 Å². The van der Waals surface area contributed by atoms with Gasteiger partial charge in [0.2, 0.25) is 0 Å². The normalized spacial score (nSPS) is 17.0. The third-order valence-corrected chi connectivity index (χ3v) is 3.91. The second-order valence-corrected chi connectivity index (χ2v) is 7.25. The maximum Gasteiger partial charge on any atom is 0.411 e. The van der Waals surface area contributed by atoms with Crippen molar-refractivity contribution in [3.05, 3.63) is 24.3 Å². The molecule has 0 saturated carbocycles. The predicted molar refractivity (Wildman–Crippen MR) is 98.7 cm³/mol. The lowest BCUT2D eigenvalue weighted by molar-refractivity contribution is -0.141. The molecular formula is C19H26N2O6. The SMILES string of the molecule is COC(=O)Nc1ccc(OC(=O)[C@H]2CCCCN2C(=O)OC(C)(C)C)cc1. The van der Waals surface area contributed by atoms with E-state index in [0.717, 1.165) is 12.8 Å². The van der Waals surface area contributed by atoms with Crippen LogP contribution in [0.3, 0.4) is 0 Å². The van der Waals surface area contributed by atoms with Crippen LogP contribution in [0.5, 0.6) is 5.75 Å². The Morgan fingerprint density at radius 2 is 1.78 bits per heavy atom. The average molecular weight is 378 g/mol. The van der Waals surface area contributed by atoms with Crippen molar-refractivity contribution in [1.29, 1.82) is 0 Å². The number of esters is 1. The van der Waals surface area contributed by atoms with Crippen LogP contribution in [0.2, 0.25) is 0 Å². The van der Waals surface area contributed by atoms with E-state index in [1.165, 1.54) is 12.0 Å². The van der Waals surface area contributed by atoms with E-state index in [-0.39, 0.29) is 0 Å². The van der Waals surface area contributed by atoms with E-state index >= 15 is 0 Å². The second-order valence-electron chi connectivity index (χ2n) is 7.25. The summed E-state index contributed by atoms with van der Waals surface area (Å²) < 4.78 is 15.3. The highest BCUT2D eigenvalue weighted by atomic mass is 16.6. The van der Waals surface area contributed by atoms with Gasteiger partial charge < -0.3 is 14.2 Å². The molecule has 1 N–H and O–H groups in total. The zero-order valence-corrected chi connectivity index (χ0v) is 16.1. The van der Waals surface area contributed by atoms with Gasteiger partial charge in [0.05, 0.1) is 7.11 Å². The van der Waals surface area contributed by atoms with E-state index in [1.54, 1.807) is 45.0 Å². The van der Waals surface area contributed by atoms with Crippen molar-refractivity contribution >= 4 is 23.8 Å². The standard InChI is InChI=1S/C19H26N2O6/c1-19(2,3)27-18(24)21-12-6-5-7-15(21)16(22)26-14-10-8-13(9-11-14)20-17(23)25-4/h8-11,15H,5-7,12H2,1-4H3,(H,20,23)/t15-/m1/s1. The number of nitrogens with one attached hydrogen (secondary N) is 1. The van der Waals surface area contributed by atoms with Crippen molar-refractivity contribution < 1.29 is 28.6 Å². The van der Waals surface area contributed by atoms with Crippen molar-refractivity contribution in [2.75, 3.05) is 19.0 Å². The van der Waals surface area contributed by atoms with Crippen LogP contribution in [0.1, 0.15) is 40.0 Å². The minimum atomic E-state index is -0.679. The lowest BCUT2D eigenvalue weighted by Gasteiger charge is -2.35. The molecule has 0 bridgehead atoms. The van der Waals surface area contributed by atoms with Crippen molar-refractivity contribution in [1.82, 2.24) is 4.90 Å². The van der Waals surface area contributed by atoms with Crippen LogP contribution in [-0.4, -0.2) is 48.4 Å². The summed E-state index contributed by atoms with van der Waals surface area (Å²) in [6.07, 6.45) is 1.08. The van der Waals surface area contributed by atoms with Gasteiger partial charge in [-0.05, 0) is 64.3 Å². The van der Waals surface area contributed by atoms with Crippen molar-refractivity contribution in [3.8, 4) is 5.75 Å². The molecule has 0 unspecified atom stereocenters. The third kappa shape index (κ3) is 6.16. The summed E-state index contributed by atoms with van der Waals surface area (Å²) in [7, 11) is 1.27. The average Bonchev–Trinajstić information content (AvgIpc) is 2.61. The van der Waals surface area contributed by atoms with Crippen LogP contribution in [0, 0.1) is 0 Å². The molecule has 0 spiro atoms. The van der Waals surface area contributed by atoms with Gasteiger partial charge in [-0.25, -0.2) is 14.4 Å². The number of rotatable bonds is 3. The Bertz CT molecular complexity index is 680. The lowest BCUT2D eigenvalue weighted by Crippen LogP contribution is -2.51. The maximum atomic E-state index is 12.6. The second kappa shape index (κ2) is 8.75. The number of ether oxygens (including phenoxy) is 3. The van der Waals surface area contributed by atoms with Gasteiger partial charge in [-0.1, -0.05) is 0 Å². The molecule has 1 aromatic carbocycles. The zero-order chi connectivity index (χ0) is 20.0. The highest BCUT2D eigenvalue weighted by Crippen LogP contribution is 2.23. The number of likely N-dealkylation sites (tertiary alicyclic amines) is 1. The Balaban J connectivity index is 2.02. The van der Waals surface area contributed by atoms with Crippen LogP contribution in [0.4, 0.5) is 15.3 Å². The number of hydrogen-bond donors (Lipinski definition) is 1. The molecule has 1 aliphatic rings. The van der Waals surface area contributed by atoms with E-state index in [9.17, 15) is 14.4 Å². The number of piperidine rings is 1. The first-order chi connectivity index (χ1) is 12.7. The number of hydrogen-bond acceptors (Lipinski definition) is 6. The van der Waals surface area contributed by atoms with Gasteiger partial charge >= 0.3 is 18.2 Å². The first-order valence-electron chi connectivity index (χ1n) is 8.86. The molecule has 1 aromatic rings. The van der Waals surface area contributed by atoms with E-state index in [0.29, 0.717) is 24.4 Å². The summed E-state index contributed by atoms with van der Waals surface area (Å²) in [6, 6.07) is 5.62. The molecule has 8 heteroatoms. The van der Waals surface area contributed by atoms with Crippen molar-refractivity contribution in [2.45, 2.75) is 51.7 Å². The summed E-state index contributed by atoms with van der Waals surface area (Å²) in [5.41, 5.74) is -0.124. The van der Waals surface area contributed by atoms with Crippen molar-refractivity contribution in [3.63, 3.8) is 0 Å². The molecule has 1 saturated heterocycles. The first kappa shape index (κ1) is 20.5. The summed E-state index contributed by atoms with van der Waals surface area (Å²) in [5, 5.41) is 2.51. The van der Waals surface area contributed by atoms with Crippen LogP contribution < -0.4 is 10.1 Å². The smallest absolute Gasteiger partial charge is 0.411 e. The topological polar surface area (TPSA) is 94.2 Å². The van der Waals surface area contributed by atoms with Gasteiger partial charge in [0.25, 0.3) is 0 Å². The van der Waals surface area contributed by atoms with Crippen LogP contribution in [0.15, 0.2) is 24.3 Å². The molecule has 8 nitrogen and oxygen atoms in total. The van der Waals surface area contributed by atoms with Gasteiger partial charge in [-0.15, -0.1) is 0 Å². The van der Waals surface area contributed by atoms with Crippen LogP contribution in [0.25, 0.3) is 0 Å². The molecular weight excluding hydrogens is 352 g/mol. The fraction of sp³-hybridized carbons (Fsp3) is 0.526. The Morgan fingerprint density at radius 1 is 1.11 bits per heavy atom. The summed E-state index contributed by atoms with van der Waals surface area (Å²) in [4.78, 5) is 37.6. The van der Waals surface area contributed by atoms with Gasteiger partial charge in [-0.2, -0.15) is 0 Å². The lowest BCUT2D eigenvalue weighted by atomic mass is 10.0. The number of carbonyl (C=O) groups excluding carboxylic acids is 3. The van der Waals surface area contributed by atoms with E-state index < -0.39 is 29.8 Å². The molecule has 1 fully saturated rings. The van der Waals surface area contributed by atoms with Gasteiger partial charge in [0.1, 0.15) is 17.4 Å². The third-order valence-electron chi connectivity index (χ3n) is 3.91. The first-order valence-corrected chi connectivity index (χ1v) is 8.86. The number of anilines is 1. The maximum absolute atomic E-state index is 12.6. The Kier molecular flexibility index (Phi) is 6.65. The largest absolute Gasteiger partial charge is 0.453 e. The Labute approximate surface area is 158 Å². The molecule has 1 atom stereocenters. The molecule has 2 rings (SSSR count). The van der Waals surface area contributed by atoms with Gasteiger partial charge in [-0.3, -0.25) is 10.2 Å². The molecule has 148 valence electrons. The molecule has 1 aliphatic heterocycles. The minimum Gasteiger partial charge on any atom is -0.453 e. The number of methoxy groups -OCH3 is 1. The van der Waals surface area contributed by atoms with Crippen molar-refractivity contribution in [2.24, 2.45) is 0 Å². The Hall–Kier alpha value is -2.77. The number of benzene rings is 1. The van der Waals surface area contributed by atoms with Crippen LogP contribution in [-0.2, 0) is 14.3 Å². The number of amides is 2. The highest BCUT2D eigenvalue weighted by molar-refractivity contribution is 5.85. The van der Waals surface area contributed by atoms with E-state index in [2.05, 4.69) is 10.1 Å². The van der Waals surface area contributed by atoms with E-state index in [1.807, 2.05) is 0 Å². The zero-order valence-electron chi connectivity index (χ0n) is 16.1. The monoisotopic (exact) mass is 378 g/mol. The molecule has 0 aliphatic carbocycles. The van der Waals surface area contributed by atoms with Gasteiger partial charge in [0.15, 0.2) is 0 Å². The molecule has 0 radical (unpaired) electrons. The molecule has 2 amide bonds. The predicted octanol–water partition coefficient (Wildman–Crippen LogP) is 3.56. The molecule has 27 heavy (non-hydrogen) atoms. The summed E-state index contributed by atoms with van der Waals surface area (Å²) in [6.45, 7) is 5.81. The highest BCUT2D eigenvalue weighted by Gasteiger charge is 2.36. The Morgan fingerprint density at radius 3 is 2.37 bits per heavy atom. The summed E-state index contributed by atoms with van der Waals surface area (Å²) in [5.74, 6) is -0.181. The number of nitrogens with zero attached hydrogens (tertiary/aromatic N) is 1. The molecule has 1 heterocycles. The van der Waals surface area contributed by atoms with E-state index in [4.69, 9.17) is 9.47 Å². The minimum absolute atomic E-state index is 0.324. The quantitative estimate of drug-likeness (QED) is 0.638.